The number of benzene rings is 1. The zero-order chi connectivity index (χ0) is 13.7. The van der Waals surface area contributed by atoms with Crippen LogP contribution in [0.2, 0.25) is 0 Å². The van der Waals surface area contributed by atoms with Crippen LogP contribution in [0.3, 0.4) is 0 Å². The van der Waals surface area contributed by atoms with Crippen molar-refractivity contribution in [2.24, 2.45) is 5.92 Å². The number of ether oxygens (including phenoxy) is 2. The molecule has 0 N–H and O–H groups in total. The van der Waals surface area contributed by atoms with Crippen LogP contribution in [0.25, 0.3) is 0 Å². The fourth-order valence-corrected chi connectivity index (χ4v) is 3.07. The number of methoxy groups -OCH3 is 2. The second-order valence-corrected chi connectivity index (χ2v) is 6.05. The van der Waals surface area contributed by atoms with E-state index in [1.807, 2.05) is 12.1 Å². The van der Waals surface area contributed by atoms with Crippen molar-refractivity contribution in [1.29, 1.82) is 0 Å². The lowest BCUT2D eigenvalue weighted by molar-refractivity contribution is 0.0965. The Morgan fingerprint density at radius 3 is 2.63 bits per heavy atom. The number of rotatable bonds is 5. The van der Waals surface area contributed by atoms with E-state index in [-0.39, 0.29) is 0 Å². The Morgan fingerprint density at radius 2 is 2.00 bits per heavy atom. The Labute approximate surface area is 124 Å². The molecule has 0 amide bonds. The molecule has 1 aliphatic heterocycles. The molecule has 1 fully saturated rings. The summed E-state index contributed by atoms with van der Waals surface area (Å²) in [5, 5.41) is 0. The predicted molar refractivity (Wildman–Crippen MR) is 80.6 cm³/mol. The number of hydrogen-bond donors (Lipinski definition) is 0. The van der Waals surface area contributed by atoms with Gasteiger partial charge < -0.3 is 9.47 Å². The van der Waals surface area contributed by atoms with Crippen LogP contribution in [0.5, 0.6) is 5.75 Å². The Kier molecular flexibility index (Phi) is 5.67. The molecule has 1 aliphatic rings. The van der Waals surface area contributed by atoms with Gasteiger partial charge in [0.1, 0.15) is 5.75 Å². The van der Waals surface area contributed by atoms with Gasteiger partial charge in [-0.25, -0.2) is 0 Å². The van der Waals surface area contributed by atoms with Gasteiger partial charge in [0.25, 0.3) is 0 Å². The van der Waals surface area contributed by atoms with Crippen molar-refractivity contribution in [2.45, 2.75) is 19.4 Å². The number of hydrogen-bond acceptors (Lipinski definition) is 3. The third kappa shape index (κ3) is 4.20. The highest BCUT2D eigenvalue weighted by Crippen LogP contribution is 2.26. The van der Waals surface area contributed by atoms with Crippen LogP contribution in [0.4, 0.5) is 0 Å². The Hall–Kier alpha value is -0.580. The number of halogens is 1. The molecule has 0 atom stereocenters. The van der Waals surface area contributed by atoms with Gasteiger partial charge in [0.05, 0.1) is 7.11 Å². The van der Waals surface area contributed by atoms with Crippen LogP contribution >= 0.6 is 15.9 Å². The predicted octanol–water partition coefficient (Wildman–Crippen LogP) is 3.32. The number of nitrogens with zero attached hydrogens (tertiary/aromatic N) is 1. The smallest absolute Gasteiger partial charge is 0.123 e. The third-order valence-corrected chi connectivity index (χ3v) is 4.24. The van der Waals surface area contributed by atoms with Crippen molar-refractivity contribution in [3.8, 4) is 5.75 Å². The van der Waals surface area contributed by atoms with E-state index in [0.29, 0.717) is 0 Å². The Bertz CT molecular complexity index is 403. The van der Waals surface area contributed by atoms with Crippen molar-refractivity contribution in [3.05, 3.63) is 28.2 Å². The summed E-state index contributed by atoms with van der Waals surface area (Å²) < 4.78 is 11.8. The van der Waals surface area contributed by atoms with Gasteiger partial charge in [-0.1, -0.05) is 15.9 Å². The molecule has 3 nitrogen and oxygen atoms in total. The molecule has 2 rings (SSSR count). The summed E-state index contributed by atoms with van der Waals surface area (Å²) in [4.78, 5) is 2.50. The minimum atomic E-state index is 0.727. The van der Waals surface area contributed by atoms with Crippen LogP contribution in [-0.4, -0.2) is 38.8 Å². The van der Waals surface area contributed by atoms with Gasteiger partial charge in [0, 0.05) is 30.3 Å². The van der Waals surface area contributed by atoms with Crippen molar-refractivity contribution >= 4 is 15.9 Å². The molecule has 0 bridgehead atoms. The summed E-state index contributed by atoms with van der Waals surface area (Å²) in [6.45, 7) is 4.14. The fraction of sp³-hybridized carbons (Fsp3) is 0.600. The number of likely N-dealkylation sites (tertiary alicyclic amines) is 1. The first kappa shape index (κ1) is 14.8. The molecule has 0 saturated carbocycles. The lowest BCUT2D eigenvalue weighted by Gasteiger charge is -2.31. The first-order valence-corrected chi connectivity index (χ1v) is 7.56. The minimum Gasteiger partial charge on any atom is -0.496 e. The third-order valence-electron chi connectivity index (χ3n) is 3.75. The highest BCUT2D eigenvalue weighted by Gasteiger charge is 2.20. The SMILES string of the molecule is COCC1CCN(Cc2cc(Br)ccc2OC)CC1. The van der Waals surface area contributed by atoms with Gasteiger partial charge in [-0.15, -0.1) is 0 Å². The molecule has 1 saturated heterocycles. The molecule has 106 valence electrons. The average molecular weight is 328 g/mol. The van der Waals surface area contributed by atoms with Crippen molar-refractivity contribution in [3.63, 3.8) is 0 Å². The molecule has 1 heterocycles. The van der Waals surface area contributed by atoms with Crippen molar-refractivity contribution in [2.75, 3.05) is 33.9 Å². The topological polar surface area (TPSA) is 21.7 Å². The van der Waals surface area contributed by atoms with Crippen molar-refractivity contribution in [1.82, 2.24) is 4.90 Å². The summed E-state index contributed by atoms with van der Waals surface area (Å²) >= 11 is 3.53. The average Bonchev–Trinajstić information content (AvgIpc) is 2.42. The van der Waals surface area contributed by atoms with Gasteiger partial charge in [-0.2, -0.15) is 0 Å². The fourth-order valence-electron chi connectivity index (χ4n) is 2.66. The molecule has 0 aromatic heterocycles. The van der Waals surface area contributed by atoms with E-state index < -0.39 is 0 Å². The first-order valence-electron chi connectivity index (χ1n) is 6.76. The molecule has 0 aliphatic carbocycles. The van der Waals surface area contributed by atoms with Gasteiger partial charge in [-0.3, -0.25) is 4.90 Å². The summed E-state index contributed by atoms with van der Waals surface area (Å²) in [6.07, 6.45) is 2.45. The molecule has 0 radical (unpaired) electrons. The summed E-state index contributed by atoms with van der Waals surface area (Å²) in [5.41, 5.74) is 1.25. The van der Waals surface area contributed by atoms with E-state index in [1.54, 1.807) is 14.2 Å². The van der Waals surface area contributed by atoms with E-state index in [9.17, 15) is 0 Å². The molecular formula is C15H22BrNO2. The molecule has 19 heavy (non-hydrogen) atoms. The highest BCUT2D eigenvalue weighted by atomic mass is 79.9. The second-order valence-electron chi connectivity index (χ2n) is 5.13. The quantitative estimate of drug-likeness (QED) is 0.828. The minimum absolute atomic E-state index is 0.727. The summed E-state index contributed by atoms with van der Waals surface area (Å²) in [6, 6.07) is 6.20. The Balaban J connectivity index is 1.93. The monoisotopic (exact) mass is 327 g/mol. The van der Waals surface area contributed by atoms with E-state index in [2.05, 4.69) is 26.9 Å². The van der Waals surface area contributed by atoms with Crippen LogP contribution in [-0.2, 0) is 11.3 Å². The van der Waals surface area contributed by atoms with E-state index in [0.717, 1.165) is 42.4 Å². The maximum Gasteiger partial charge on any atom is 0.123 e. The summed E-state index contributed by atoms with van der Waals surface area (Å²) in [7, 11) is 3.52. The second kappa shape index (κ2) is 7.27. The zero-order valence-corrected chi connectivity index (χ0v) is 13.3. The van der Waals surface area contributed by atoms with Crippen LogP contribution < -0.4 is 4.74 Å². The maximum atomic E-state index is 5.43. The number of piperidine rings is 1. The zero-order valence-electron chi connectivity index (χ0n) is 11.7. The standard InChI is InChI=1S/C15H22BrNO2/c1-18-11-12-5-7-17(8-6-12)10-13-9-14(16)3-4-15(13)19-2/h3-4,9,12H,5-8,10-11H2,1-2H3. The Morgan fingerprint density at radius 1 is 1.26 bits per heavy atom. The van der Waals surface area contributed by atoms with Gasteiger partial charge in [0.2, 0.25) is 0 Å². The van der Waals surface area contributed by atoms with Crippen LogP contribution in [0, 0.1) is 5.92 Å². The molecule has 0 spiro atoms. The normalized spacial score (nSPS) is 17.6. The van der Waals surface area contributed by atoms with Crippen molar-refractivity contribution < 1.29 is 9.47 Å². The summed E-state index contributed by atoms with van der Waals surface area (Å²) in [5.74, 6) is 1.70. The highest BCUT2D eigenvalue weighted by molar-refractivity contribution is 9.10. The molecule has 0 unspecified atom stereocenters. The van der Waals surface area contributed by atoms with E-state index >= 15 is 0 Å². The largest absolute Gasteiger partial charge is 0.496 e. The van der Waals surface area contributed by atoms with Crippen LogP contribution in [0.1, 0.15) is 18.4 Å². The van der Waals surface area contributed by atoms with Gasteiger partial charge in [0.15, 0.2) is 0 Å². The molecule has 4 heteroatoms. The van der Waals surface area contributed by atoms with Crippen LogP contribution in [0.15, 0.2) is 22.7 Å². The maximum absolute atomic E-state index is 5.43. The molecular weight excluding hydrogens is 306 g/mol. The lowest BCUT2D eigenvalue weighted by atomic mass is 9.97. The lowest BCUT2D eigenvalue weighted by Crippen LogP contribution is -2.34. The van der Waals surface area contributed by atoms with E-state index in [1.165, 1.54) is 18.4 Å². The first-order chi connectivity index (χ1) is 9.22. The van der Waals surface area contributed by atoms with Gasteiger partial charge >= 0.3 is 0 Å². The van der Waals surface area contributed by atoms with Gasteiger partial charge in [-0.05, 0) is 50.0 Å². The molecule has 1 aromatic carbocycles. The molecule has 1 aromatic rings. The van der Waals surface area contributed by atoms with E-state index in [4.69, 9.17) is 9.47 Å².